The molecule has 0 spiro atoms. The van der Waals surface area contributed by atoms with E-state index in [4.69, 9.17) is 17.3 Å². The lowest BCUT2D eigenvalue weighted by Gasteiger charge is -2.32. The standard InChI is InChI=1S/C15H23ClN2/c1-18(10-12-5-4-7-14(16)9-12)11-13-6-2-3-8-15(13)17/h4-5,7,9,13,15H,2-3,6,8,10-11,17H2,1H3. The van der Waals surface area contributed by atoms with Crippen molar-refractivity contribution in [1.82, 2.24) is 4.90 Å². The van der Waals surface area contributed by atoms with E-state index in [-0.39, 0.29) is 0 Å². The predicted octanol–water partition coefficient (Wildman–Crippen LogP) is 3.29. The Balaban J connectivity index is 1.86. The molecular weight excluding hydrogens is 244 g/mol. The molecule has 1 fully saturated rings. The lowest BCUT2D eigenvalue weighted by molar-refractivity contribution is 0.206. The fraction of sp³-hybridized carbons (Fsp3) is 0.600. The minimum absolute atomic E-state index is 0.389. The lowest BCUT2D eigenvalue weighted by Crippen LogP contribution is -2.39. The van der Waals surface area contributed by atoms with E-state index in [1.54, 1.807) is 0 Å². The van der Waals surface area contributed by atoms with Gasteiger partial charge in [-0.25, -0.2) is 0 Å². The first kappa shape index (κ1) is 13.9. The van der Waals surface area contributed by atoms with Gasteiger partial charge in [-0.05, 0) is 43.5 Å². The molecule has 0 heterocycles. The van der Waals surface area contributed by atoms with Crippen LogP contribution >= 0.6 is 11.6 Å². The van der Waals surface area contributed by atoms with E-state index in [2.05, 4.69) is 18.0 Å². The molecule has 1 aromatic rings. The van der Waals surface area contributed by atoms with Crippen molar-refractivity contribution < 1.29 is 0 Å². The number of rotatable bonds is 4. The van der Waals surface area contributed by atoms with E-state index in [0.717, 1.165) is 18.1 Å². The van der Waals surface area contributed by atoms with Gasteiger partial charge >= 0.3 is 0 Å². The van der Waals surface area contributed by atoms with Gasteiger partial charge in [0.25, 0.3) is 0 Å². The fourth-order valence-corrected chi connectivity index (χ4v) is 3.09. The molecule has 100 valence electrons. The zero-order valence-electron chi connectivity index (χ0n) is 11.1. The van der Waals surface area contributed by atoms with E-state index in [1.807, 2.05) is 18.2 Å². The molecule has 1 aromatic carbocycles. The molecule has 2 unspecified atom stereocenters. The fourth-order valence-electron chi connectivity index (χ4n) is 2.87. The van der Waals surface area contributed by atoms with Gasteiger partial charge < -0.3 is 10.6 Å². The summed E-state index contributed by atoms with van der Waals surface area (Å²) in [5.74, 6) is 0.655. The number of halogens is 1. The van der Waals surface area contributed by atoms with Gasteiger partial charge in [0.05, 0.1) is 0 Å². The van der Waals surface area contributed by atoms with Gasteiger partial charge in [0.1, 0.15) is 0 Å². The average molecular weight is 267 g/mol. The van der Waals surface area contributed by atoms with Crippen LogP contribution in [0.3, 0.4) is 0 Å². The highest BCUT2D eigenvalue weighted by molar-refractivity contribution is 6.30. The molecule has 2 N–H and O–H groups in total. The molecule has 1 aliphatic rings. The average Bonchev–Trinajstić information content (AvgIpc) is 2.32. The summed E-state index contributed by atoms with van der Waals surface area (Å²) in [6, 6.07) is 8.49. The molecule has 2 nitrogen and oxygen atoms in total. The van der Waals surface area contributed by atoms with E-state index in [1.165, 1.54) is 31.2 Å². The highest BCUT2D eigenvalue weighted by Gasteiger charge is 2.22. The molecule has 0 bridgehead atoms. The number of nitrogens with zero attached hydrogens (tertiary/aromatic N) is 1. The maximum Gasteiger partial charge on any atom is 0.0409 e. The van der Waals surface area contributed by atoms with Crippen molar-refractivity contribution in [2.24, 2.45) is 11.7 Å². The third kappa shape index (κ3) is 3.98. The van der Waals surface area contributed by atoms with Crippen LogP contribution in [0.15, 0.2) is 24.3 Å². The van der Waals surface area contributed by atoms with Crippen LogP contribution in [0.25, 0.3) is 0 Å². The predicted molar refractivity (Wildman–Crippen MR) is 77.7 cm³/mol. The second kappa shape index (κ2) is 6.55. The van der Waals surface area contributed by atoms with Gasteiger partial charge in [0, 0.05) is 24.2 Å². The maximum absolute atomic E-state index is 6.20. The Morgan fingerprint density at radius 2 is 2.11 bits per heavy atom. The molecule has 1 saturated carbocycles. The summed E-state index contributed by atoms with van der Waals surface area (Å²) in [6.45, 7) is 2.04. The monoisotopic (exact) mass is 266 g/mol. The number of benzene rings is 1. The van der Waals surface area contributed by atoms with Crippen molar-refractivity contribution in [3.8, 4) is 0 Å². The van der Waals surface area contributed by atoms with Crippen LogP contribution in [0, 0.1) is 5.92 Å². The Morgan fingerprint density at radius 3 is 2.83 bits per heavy atom. The summed E-state index contributed by atoms with van der Waals surface area (Å²) in [5, 5.41) is 0.815. The SMILES string of the molecule is CN(Cc1cccc(Cl)c1)CC1CCCCC1N. The zero-order valence-corrected chi connectivity index (χ0v) is 11.9. The van der Waals surface area contributed by atoms with Gasteiger partial charge in [0.15, 0.2) is 0 Å². The summed E-state index contributed by atoms with van der Waals surface area (Å²) in [5.41, 5.74) is 7.47. The van der Waals surface area contributed by atoms with Gasteiger partial charge in [-0.3, -0.25) is 0 Å². The van der Waals surface area contributed by atoms with Crippen LogP contribution in [0.5, 0.6) is 0 Å². The number of hydrogen-bond donors (Lipinski definition) is 1. The molecule has 2 rings (SSSR count). The summed E-state index contributed by atoms with van der Waals surface area (Å²) >= 11 is 6.00. The molecule has 0 aromatic heterocycles. The zero-order chi connectivity index (χ0) is 13.0. The first-order valence-electron chi connectivity index (χ1n) is 6.83. The Morgan fingerprint density at radius 1 is 1.33 bits per heavy atom. The van der Waals surface area contributed by atoms with E-state index < -0.39 is 0 Å². The van der Waals surface area contributed by atoms with Gasteiger partial charge in [-0.2, -0.15) is 0 Å². The van der Waals surface area contributed by atoms with Crippen molar-refractivity contribution in [3.63, 3.8) is 0 Å². The van der Waals surface area contributed by atoms with Crippen LogP contribution in [-0.4, -0.2) is 24.5 Å². The van der Waals surface area contributed by atoms with Crippen molar-refractivity contribution in [3.05, 3.63) is 34.9 Å². The topological polar surface area (TPSA) is 29.3 Å². The lowest BCUT2D eigenvalue weighted by atomic mass is 9.85. The summed E-state index contributed by atoms with van der Waals surface area (Å²) in [6.07, 6.45) is 5.11. The Hall–Kier alpha value is -0.570. The van der Waals surface area contributed by atoms with Crippen LogP contribution in [0.2, 0.25) is 5.02 Å². The highest BCUT2D eigenvalue weighted by Crippen LogP contribution is 2.24. The van der Waals surface area contributed by atoms with Gasteiger partial charge in [-0.1, -0.05) is 36.6 Å². The van der Waals surface area contributed by atoms with Crippen LogP contribution in [-0.2, 0) is 6.54 Å². The van der Waals surface area contributed by atoms with E-state index in [0.29, 0.717) is 12.0 Å². The van der Waals surface area contributed by atoms with E-state index >= 15 is 0 Å². The highest BCUT2D eigenvalue weighted by atomic mass is 35.5. The molecule has 1 aliphatic carbocycles. The third-order valence-electron chi connectivity index (χ3n) is 3.86. The smallest absolute Gasteiger partial charge is 0.0409 e. The number of nitrogens with two attached hydrogens (primary N) is 1. The summed E-state index contributed by atoms with van der Waals surface area (Å²) < 4.78 is 0. The molecule has 3 heteroatoms. The molecule has 2 atom stereocenters. The first-order valence-corrected chi connectivity index (χ1v) is 7.21. The molecule has 18 heavy (non-hydrogen) atoms. The van der Waals surface area contributed by atoms with Crippen molar-refractivity contribution in [1.29, 1.82) is 0 Å². The van der Waals surface area contributed by atoms with Crippen molar-refractivity contribution >= 4 is 11.6 Å². The van der Waals surface area contributed by atoms with E-state index in [9.17, 15) is 0 Å². The van der Waals surface area contributed by atoms with Crippen molar-refractivity contribution in [2.75, 3.05) is 13.6 Å². The minimum Gasteiger partial charge on any atom is -0.327 e. The first-order chi connectivity index (χ1) is 8.65. The summed E-state index contributed by atoms with van der Waals surface area (Å²) in [4.78, 5) is 2.36. The van der Waals surface area contributed by atoms with Crippen molar-refractivity contribution in [2.45, 2.75) is 38.3 Å². The van der Waals surface area contributed by atoms with Crippen LogP contribution in [0.1, 0.15) is 31.2 Å². The van der Waals surface area contributed by atoms with Gasteiger partial charge in [-0.15, -0.1) is 0 Å². The largest absolute Gasteiger partial charge is 0.327 e. The molecule has 0 radical (unpaired) electrons. The number of hydrogen-bond acceptors (Lipinski definition) is 2. The minimum atomic E-state index is 0.389. The molecular formula is C15H23ClN2. The maximum atomic E-state index is 6.20. The van der Waals surface area contributed by atoms with Crippen LogP contribution in [0.4, 0.5) is 0 Å². The third-order valence-corrected chi connectivity index (χ3v) is 4.09. The second-order valence-electron chi connectivity index (χ2n) is 5.54. The van der Waals surface area contributed by atoms with Gasteiger partial charge in [0.2, 0.25) is 0 Å². The Labute approximate surface area is 115 Å². The Kier molecular flexibility index (Phi) is 5.04. The molecule has 0 saturated heterocycles. The van der Waals surface area contributed by atoms with Crippen LogP contribution < -0.4 is 5.73 Å². The summed E-state index contributed by atoms with van der Waals surface area (Å²) in [7, 11) is 2.17. The second-order valence-corrected chi connectivity index (χ2v) is 5.97. The molecule has 0 amide bonds. The molecule has 0 aliphatic heterocycles. The Bertz CT molecular complexity index is 381. The quantitative estimate of drug-likeness (QED) is 0.906. The normalized spacial score (nSPS) is 24.4.